The maximum Gasteiger partial charge on any atom is 0.231 e. The summed E-state index contributed by atoms with van der Waals surface area (Å²) in [4.78, 5) is 16.7. The Bertz CT molecular complexity index is 343. The quantitative estimate of drug-likeness (QED) is 0.355. The van der Waals surface area contributed by atoms with E-state index in [0.29, 0.717) is 12.0 Å². The fraction of sp³-hybridized carbons (Fsp3) is 0.333. The molecular weight excluding hydrogens is 256 g/mol. The van der Waals surface area contributed by atoms with Crippen molar-refractivity contribution >= 4 is 23.8 Å². The highest BCUT2D eigenvalue weighted by atomic mass is 35.5. The van der Waals surface area contributed by atoms with Crippen LogP contribution in [0.4, 0.5) is 0 Å². The van der Waals surface area contributed by atoms with Crippen LogP contribution in [-0.4, -0.2) is 30.8 Å². The number of epoxide rings is 1. The Morgan fingerprint density at radius 3 is 1.78 bits per heavy atom. The number of nitrogens with one attached hydrogen (secondary N) is 2. The molecule has 0 saturated carbocycles. The van der Waals surface area contributed by atoms with Gasteiger partial charge in [-0.3, -0.25) is 0 Å². The second kappa shape index (κ2) is 15.2. The first-order valence-corrected chi connectivity index (χ1v) is 5.46. The van der Waals surface area contributed by atoms with Crippen LogP contribution in [0, 0.1) is 17.7 Å². The van der Waals surface area contributed by atoms with Gasteiger partial charge in [0.15, 0.2) is 0 Å². The van der Waals surface area contributed by atoms with Gasteiger partial charge in [-0.2, -0.15) is 0 Å². The van der Waals surface area contributed by atoms with Gasteiger partial charge >= 0.3 is 0 Å². The first kappa shape index (κ1) is 18.6. The van der Waals surface area contributed by atoms with Gasteiger partial charge in [0, 0.05) is 0 Å². The lowest BCUT2D eigenvalue weighted by Gasteiger charge is -1.82. The standard InChI is InChI=1S/C7H8.C3H5ClO.2CHNO/c1-7-5-3-2-4-6-7;4-1-3-2-5-3;2*2-1-3/h2-6H,1H3;3H,1-2H2;2*2H. The Balaban J connectivity index is 0. The second-order valence-electron chi connectivity index (χ2n) is 2.97. The monoisotopic (exact) mass is 270 g/mol. The molecule has 0 spiro atoms. The van der Waals surface area contributed by atoms with E-state index in [0.717, 1.165) is 18.8 Å². The van der Waals surface area contributed by atoms with E-state index in [9.17, 15) is 0 Å². The summed E-state index contributed by atoms with van der Waals surface area (Å²) in [6.07, 6.45) is 1.90. The van der Waals surface area contributed by atoms with E-state index in [1.54, 1.807) is 0 Å². The number of ether oxygens (including phenoxy) is 1. The Morgan fingerprint density at radius 2 is 1.67 bits per heavy atom. The number of alkyl halides is 1. The smallest absolute Gasteiger partial charge is 0.231 e. The molecule has 1 unspecified atom stereocenters. The van der Waals surface area contributed by atoms with E-state index in [1.165, 1.54) is 5.56 Å². The van der Waals surface area contributed by atoms with Gasteiger partial charge in [0.2, 0.25) is 12.2 Å². The topological polar surface area (TPSA) is 94.4 Å². The molecule has 1 fully saturated rings. The van der Waals surface area contributed by atoms with Gasteiger partial charge in [-0.05, 0) is 6.92 Å². The third-order valence-electron chi connectivity index (χ3n) is 1.51. The average molecular weight is 271 g/mol. The molecule has 0 amide bonds. The van der Waals surface area contributed by atoms with Crippen LogP contribution in [0.2, 0.25) is 0 Å². The van der Waals surface area contributed by atoms with Gasteiger partial charge < -0.3 is 4.74 Å². The molecule has 1 heterocycles. The Hall–Kier alpha value is -1.77. The van der Waals surface area contributed by atoms with Crippen molar-refractivity contribution < 1.29 is 14.3 Å². The molecule has 98 valence electrons. The van der Waals surface area contributed by atoms with Crippen LogP contribution in [0.5, 0.6) is 0 Å². The Morgan fingerprint density at radius 1 is 1.28 bits per heavy atom. The Labute approximate surface area is 111 Å². The van der Waals surface area contributed by atoms with E-state index in [4.69, 9.17) is 36.7 Å². The number of benzene rings is 1. The van der Waals surface area contributed by atoms with Crippen molar-refractivity contribution in [2.24, 2.45) is 0 Å². The lowest BCUT2D eigenvalue weighted by atomic mass is 10.2. The van der Waals surface area contributed by atoms with Gasteiger partial charge in [0.1, 0.15) is 0 Å². The molecule has 1 aliphatic rings. The van der Waals surface area contributed by atoms with Crippen LogP contribution in [-0.2, 0) is 14.3 Å². The summed E-state index contributed by atoms with van der Waals surface area (Å²) in [5.41, 5.74) is 1.32. The summed E-state index contributed by atoms with van der Waals surface area (Å²) in [6.45, 7) is 2.96. The van der Waals surface area contributed by atoms with Crippen molar-refractivity contribution in [3.05, 3.63) is 35.9 Å². The maximum atomic E-state index is 8.35. The lowest BCUT2D eigenvalue weighted by Crippen LogP contribution is -1.80. The van der Waals surface area contributed by atoms with Crippen LogP contribution in [0.15, 0.2) is 30.3 Å². The van der Waals surface area contributed by atoms with Crippen molar-refractivity contribution in [2.75, 3.05) is 12.5 Å². The van der Waals surface area contributed by atoms with Crippen LogP contribution in [0.25, 0.3) is 0 Å². The van der Waals surface area contributed by atoms with Crippen LogP contribution in [0.1, 0.15) is 5.56 Å². The Kier molecular flexibility index (Phi) is 15.7. The first-order chi connectivity index (χ1) is 8.65. The molecule has 0 bridgehead atoms. The molecule has 1 aliphatic heterocycles. The minimum absolute atomic E-state index is 0.400. The second-order valence-corrected chi connectivity index (χ2v) is 3.28. The molecular formula is C12H15ClN2O3. The number of hydrogen-bond acceptors (Lipinski definition) is 5. The normalized spacial score (nSPS) is 13.8. The van der Waals surface area contributed by atoms with Crippen molar-refractivity contribution in [1.82, 2.24) is 0 Å². The predicted octanol–water partition coefficient (Wildman–Crippen LogP) is 2.42. The molecule has 1 atom stereocenters. The zero-order chi connectivity index (χ0) is 14.2. The van der Waals surface area contributed by atoms with Crippen LogP contribution < -0.4 is 0 Å². The third kappa shape index (κ3) is 19.7. The number of aryl methyl sites for hydroxylation is 1. The van der Waals surface area contributed by atoms with Crippen molar-refractivity contribution in [3.8, 4) is 0 Å². The van der Waals surface area contributed by atoms with Gasteiger partial charge in [-0.1, -0.05) is 35.9 Å². The molecule has 2 rings (SSSR count). The molecule has 0 aliphatic carbocycles. The molecule has 5 nitrogen and oxygen atoms in total. The molecule has 1 aromatic carbocycles. The van der Waals surface area contributed by atoms with E-state index in [2.05, 4.69) is 19.1 Å². The predicted molar refractivity (Wildman–Crippen MR) is 68.5 cm³/mol. The van der Waals surface area contributed by atoms with E-state index < -0.39 is 0 Å². The van der Waals surface area contributed by atoms with Crippen LogP contribution in [0.3, 0.4) is 0 Å². The van der Waals surface area contributed by atoms with Crippen molar-refractivity contribution in [3.63, 3.8) is 0 Å². The number of rotatable bonds is 1. The average Bonchev–Trinajstić information content (AvgIpc) is 3.16. The van der Waals surface area contributed by atoms with Crippen molar-refractivity contribution in [1.29, 1.82) is 10.8 Å². The molecule has 1 aromatic rings. The molecule has 6 heteroatoms. The van der Waals surface area contributed by atoms with Gasteiger partial charge in [0.05, 0.1) is 18.6 Å². The minimum Gasteiger partial charge on any atom is -0.372 e. The number of hydrogen-bond donors (Lipinski definition) is 2. The highest BCUT2D eigenvalue weighted by molar-refractivity contribution is 6.18. The van der Waals surface area contributed by atoms with Gasteiger partial charge in [-0.15, -0.1) is 11.6 Å². The number of isocyanates is 2. The zero-order valence-electron chi connectivity index (χ0n) is 9.98. The van der Waals surface area contributed by atoms with E-state index in [1.807, 2.05) is 18.2 Å². The molecule has 1 saturated heterocycles. The molecule has 0 aromatic heterocycles. The highest BCUT2D eigenvalue weighted by Gasteiger charge is 2.19. The van der Waals surface area contributed by atoms with Gasteiger partial charge in [0.25, 0.3) is 0 Å². The summed E-state index contributed by atoms with van der Waals surface area (Å²) in [7, 11) is 0. The van der Waals surface area contributed by atoms with Gasteiger partial charge in [-0.25, -0.2) is 20.4 Å². The molecule has 0 radical (unpaired) electrons. The number of halogens is 1. The van der Waals surface area contributed by atoms with Crippen LogP contribution >= 0.6 is 11.6 Å². The summed E-state index contributed by atoms with van der Waals surface area (Å²) < 4.78 is 4.73. The fourth-order valence-electron chi connectivity index (χ4n) is 0.692. The highest BCUT2D eigenvalue weighted by Crippen LogP contribution is 2.08. The van der Waals surface area contributed by atoms with E-state index >= 15 is 0 Å². The zero-order valence-corrected chi connectivity index (χ0v) is 10.7. The molecule has 2 N–H and O–H groups in total. The fourth-order valence-corrected chi connectivity index (χ4v) is 0.870. The summed E-state index contributed by atoms with van der Waals surface area (Å²) in [6, 6.07) is 10.3. The number of carbonyl (C=O) groups excluding carboxylic acids is 2. The minimum atomic E-state index is 0.400. The van der Waals surface area contributed by atoms with E-state index in [-0.39, 0.29) is 0 Å². The summed E-state index contributed by atoms with van der Waals surface area (Å²) in [5.74, 6) is 0.667. The largest absolute Gasteiger partial charge is 0.372 e. The summed E-state index contributed by atoms with van der Waals surface area (Å²) >= 11 is 5.27. The lowest BCUT2D eigenvalue weighted by molar-refractivity contribution is 0.425. The molecule has 18 heavy (non-hydrogen) atoms. The first-order valence-electron chi connectivity index (χ1n) is 4.93. The van der Waals surface area contributed by atoms with Crippen molar-refractivity contribution in [2.45, 2.75) is 13.0 Å². The third-order valence-corrected chi connectivity index (χ3v) is 1.86. The maximum absolute atomic E-state index is 8.35. The SMILES string of the molecule is Cc1ccccc1.ClCC1CO1.N=C=O.N=C=O. The summed E-state index contributed by atoms with van der Waals surface area (Å²) in [5, 5.41) is 10.8.